The van der Waals surface area contributed by atoms with Gasteiger partial charge in [0.25, 0.3) is 0 Å². The Morgan fingerprint density at radius 3 is 2.63 bits per heavy atom. The van der Waals surface area contributed by atoms with Gasteiger partial charge in [-0.3, -0.25) is 4.68 Å². The second-order valence-electron chi connectivity index (χ2n) is 4.19. The fourth-order valence-corrected chi connectivity index (χ4v) is 1.87. The lowest BCUT2D eigenvalue weighted by Gasteiger charge is -2.07. The van der Waals surface area contributed by atoms with Crippen molar-refractivity contribution in [1.29, 1.82) is 0 Å². The normalized spacial score (nSPS) is 10.5. The van der Waals surface area contributed by atoms with Gasteiger partial charge in [-0.15, -0.1) is 0 Å². The van der Waals surface area contributed by atoms with Crippen LogP contribution in [0.3, 0.4) is 0 Å². The van der Waals surface area contributed by atoms with Gasteiger partial charge in [0.05, 0.1) is 5.69 Å². The zero-order valence-corrected chi connectivity index (χ0v) is 11.0. The van der Waals surface area contributed by atoms with E-state index in [9.17, 15) is 4.79 Å². The second-order valence-corrected chi connectivity index (χ2v) is 4.19. The Balaban J connectivity index is 2.22. The van der Waals surface area contributed by atoms with Crippen LogP contribution in [0.4, 0.5) is 5.82 Å². The number of hydrogen-bond donors (Lipinski definition) is 2. The van der Waals surface area contributed by atoms with Crippen LogP contribution >= 0.6 is 0 Å². The Bertz CT molecular complexity index is 621. The van der Waals surface area contributed by atoms with E-state index in [1.165, 1.54) is 12.4 Å². The van der Waals surface area contributed by atoms with Crippen LogP contribution in [0.5, 0.6) is 0 Å². The summed E-state index contributed by atoms with van der Waals surface area (Å²) in [6.45, 7) is 4.34. The molecule has 0 radical (unpaired) electrons. The van der Waals surface area contributed by atoms with E-state index in [2.05, 4.69) is 20.4 Å². The highest BCUT2D eigenvalue weighted by atomic mass is 16.4. The molecule has 0 saturated carbocycles. The largest absolute Gasteiger partial charge is 0.476 e. The molecule has 100 valence electrons. The maximum atomic E-state index is 11.0. The van der Waals surface area contributed by atoms with E-state index >= 15 is 0 Å². The minimum atomic E-state index is -1.10. The number of aromatic nitrogens is 4. The van der Waals surface area contributed by atoms with E-state index in [1.54, 1.807) is 4.68 Å². The minimum Gasteiger partial charge on any atom is -0.476 e. The summed E-state index contributed by atoms with van der Waals surface area (Å²) in [4.78, 5) is 18.8. The summed E-state index contributed by atoms with van der Waals surface area (Å²) in [6, 6.07) is 0. The molecule has 7 heteroatoms. The van der Waals surface area contributed by atoms with Crippen LogP contribution in [-0.2, 0) is 13.6 Å². The molecule has 2 heterocycles. The van der Waals surface area contributed by atoms with Crippen molar-refractivity contribution in [3.63, 3.8) is 0 Å². The molecule has 2 aromatic heterocycles. The third kappa shape index (κ3) is 2.54. The standard InChI is InChI=1S/C12H15N5O2/c1-7-9(8(2)17(3)16-7)6-15-11-10(12(18)19)13-4-5-14-11/h4-5H,6H2,1-3H3,(H,14,15)(H,18,19). The highest BCUT2D eigenvalue weighted by Crippen LogP contribution is 2.15. The summed E-state index contributed by atoms with van der Waals surface area (Å²) < 4.78 is 1.79. The summed E-state index contributed by atoms with van der Waals surface area (Å²) in [7, 11) is 1.87. The molecule has 0 aliphatic heterocycles. The molecule has 0 aliphatic carbocycles. The fraction of sp³-hybridized carbons (Fsp3) is 0.333. The first-order valence-corrected chi connectivity index (χ1v) is 5.78. The molecular formula is C12H15N5O2. The number of nitrogens with zero attached hydrogens (tertiary/aromatic N) is 4. The quantitative estimate of drug-likeness (QED) is 0.857. The second kappa shape index (κ2) is 5.05. The van der Waals surface area contributed by atoms with Crippen LogP contribution in [-0.4, -0.2) is 30.8 Å². The maximum Gasteiger partial charge on any atom is 0.358 e. The van der Waals surface area contributed by atoms with Crippen molar-refractivity contribution in [2.75, 3.05) is 5.32 Å². The van der Waals surface area contributed by atoms with Gasteiger partial charge in [0.15, 0.2) is 11.5 Å². The van der Waals surface area contributed by atoms with Crippen molar-refractivity contribution in [2.24, 2.45) is 7.05 Å². The minimum absolute atomic E-state index is 0.0818. The first-order valence-electron chi connectivity index (χ1n) is 5.78. The van der Waals surface area contributed by atoms with Gasteiger partial charge < -0.3 is 10.4 Å². The first-order chi connectivity index (χ1) is 9.00. The average molecular weight is 261 g/mol. The van der Waals surface area contributed by atoms with E-state index in [0.717, 1.165) is 17.0 Å². The molecule has 0 aliphatic rings. The van der Waals surface area contributed by atoms with E-state index in [0.29, 0.717) is 6.54 Å². The Hall–Kier alpha value is -2.44. The van der Waals surface area contributed by atoms with Crippen molar-refractivity contribution in [3.8, 4) is 0 Å². The molecule has 0 aromatic carbocycles. The van der Waals surface area contributed by atoms with E-state index < -0.39 is 5.97 Å². The summed E-state index contributed by atoms with van der Waals surface area (Å²) >= 11 is 0. The van der Waals surface area contributed by atoms with Gasteiger partial charge in [0, 0.05) is 37.2 Å². The number of carboxylic acids is 1. The molecule has 0 atom stereocenters. The van der Waals surface area contributed by atoms with Crippen LogP contribution in [0.15, 0.2) is 12.4 Å². The third-order valence-electron chi connectivity index (χ3n) is 2.99. The van der Waals surface area contributed by atoms with Crippen LogP contribution in [0, 0.1) is 13.8 Å². The predicted octanol–water partition coefficient (Wildman–Crippen LogP) is 1.14. The SMILES string of the molecule is Cc1nn(C)c(C)c1CNc1nccnc1C(=O)O. The number of aryl methyl sites for hydroxylation is 2. The van der Waals surface area contributed by atoms with Crippen molar-refractivity contribution < 1.29 is 9.90 Å². The monoisotopic (exact) mass is 261 g/mol. The Labute approximate surface area is 110 Å². The number of aromatic carboxylic acids is 1. The molecular weight excluding hydrogens is 246 g/mol. The average Bonchev–Trinajstić information content (AvgIpc) is 2.61. The molecule has 0 bridgehead atoms. The molecule has 7 nitrogen and oxygen atoms in total. The van der Waals surface area contributed by atoms with E-state index in [4.69, 9.17) is 5.11 Å². The van der Waals surface area contributed by atoms with Crippen molar-refractivity contribution in [2.45, 2.75) is 20.4 Å². The maximum absolute atomic E-state index is 11.0. The lowest BCUT2D eigenvalue weighted by atomic mass is 10.2. The highest BCUT2D eigenvalue weighted by molar-refractivity contribution is 5.90. The van der Waals surface area contributed by atoms with Crippen LogP contribution in [0.25, 0.3) is 0 Å². The Morgan fingerprint density at radius 1 is 1.37 bits per heavy atom. The zero-order chi connectivity index (χ0) is 14.0. The van der Waals surface area contributed by atoms with Gasteiger partial charge in [0.1, 0.15) is 0 Å². The van der Waals surface area contributed by atoms with Crippen molar-refractivity contribution >= 4 is 11.8 Å². The van der Waals surface area contributed by atoms with Gasteiger partial charge in [-0.2, -0.15) is 5.10 Å². The van der Waals surface area contributed by atoms with Gasteiger partial charge in [0.2, 0.25) is 0 Å². The number of carbonyl (C=O) groups is 1. The smallest absolute Gasteiger partial charge is 0.358 e. The Morgan fingerprint density at radius 2 is 2.05 bits per heavy atom. The number of rotatable bonds is 4. The first kappa shape index (κ1) is 13.0. The van der Waals surface area contributed by atoms with Gasteiger partial charge in [-0.25, -0.2) is 14.8 Å². The molecule has 0 saturated heterocycles. The summed E-state index contributed by atoms with van der Waals surface area (Å²) in [6.07, 6.45) is 2.81. The molecule has 0 fully saturated rings. The third-order valence-corrected chi connectivity index (χ3v) is 2.99. The lowest BCUT2D eigenvalue weighted by Crippen LogP contribution is -2.10. The number of nitrogens with one attached hydrogen (secondary N) is 1. The van der Waals surface area contributed by atoms with E-state index in [-0.39, 0.29) is 11.5 Å². The summed E-state index contributed by atoms with van der Waals surface area (Å²) in [5.41, 5.74) is 2.89. The molecule has 2 rings (SSSR count). The topological polar surface area (TPSA) is 92.9 Å². The van der Waals surface area contributed by atoms with Crippen molar-refractivity contribution in [1.82, 2.24) is 19.7 Å². The van der Waals surface area contributed by atoms with Crippen LogP contribution in [0.2, 0.25) is 0 Å². The number of hydrogen-bond acceptors (Lipinski definition) is 5. The summed E-state index contributed by atoms with van der Waals surface area (Å²) in [5.74, 6) is -0.840. The van der Waals surface area contributed by atoms with Crippen LogP contribution < -0.4 is 5.32 Å². The zero-order valence-electron chi connectivity index (χ0n) is 11.0. The molecule has 2 N–H and O–H groups in total. The van der Waals surface area contributed by atoms with Crippen molar-refractivity contribution in [3.05, 3.63) is 35.0 Å². The molecule has 0 spiro atoms. The van der Waals surface area contributed by atoms with Gasteiger partial charge >= 0.3 is 5.97 Å². The Kier molecular flexibility index (Phi) is 3.46. The molecule has 0 unspecified atom stereocenters. The van der Waals surface area contributed by atoms with E-state index in [1.807, 2.05) is 20.9 Å². The summed E-state index contributed by atoms with van der Waals surface area (Å²) in [5, 5.41) is 16.3. The molecule has 0 amide bonds. The van der Waals surface area contributed by atoms with Gasteiger partial charge in [-0.05, 0) is 13.8 Å². The predicted molar refractivity (Wildman–Crippen MR) is 69.0 cm³/mol. The number of anilines is 1. The lowest BCUT2D eigenvalue weighted by molar-refractivity contribution is 0.0691. The highest BCUT2D eigenvalue weighted by Gasteiger charge is 2.14. The molecule has 2 aromatic rings. The van der Waals surface area contributed by atoms with Crippen LogP contribution in [0.1, 0.15) is 27.4 Å². The molecule has 19 heavy (non-hydrogen) atoms. The van der Waals surface area contributed by atoms with Gasteiger partial charge in [-0.1, -0.05) is 0 Å². The number of carboxylic acid groups (broad SMARTS) is 1. The fourth-order valence-electron chi connectivity index (χ4n) is 1.87.